The second kappa shape index (κ2) is 7.49. The van der Waals surface area contributed by atoms with Crippen LogP contribution in [-0.4, -0.2) is 41.1 Å². The second-order valence-electron chi connectivity index (χ2n) is 2.31. The van der Waals surface area contributed by atoms with E-state index in [1.807, 2.05) is 0 Å². The van der Waals surface area contributed by atoms with E-state index in [1.165, 1.54) is 7.11 Å². The lowest BCUT2D eigenvalue weighted by molar-refractivity contribution is -0.135. The summed E-state index contributed by atoms with van der Waals surface area (Å²) in [4.78, 5) is 15.7. The van der Waals surface area contributed by atoms with Crippen molar-refractivity contribution in [3.8, 4) is 0 Å². The number of hydrogen-bond acceptors (Lipinski definition) is 5. The lowest BCUT2D eigenvalue weighted by Gasteiger charge is -2.03. The molecule has 0 aliphatic heterocycles. The molecule has 0 rings (SSSR count). The largest absolute Gasteiger partial charge is 0.461 e. The van der Waals surface area contributed by atoms with Crippen molar-refractivity contribution in [3.05, 3.63) is 0 Å². The normalized spacial score (nSPS) is 13.5. The van der Waals surface area contributed by atoms with Crippen molar-refractivity contribution in [1.29, 1.82) is 0 Å². The number of esters is 1. The van der Waals surface area contributed by atoms with E-state index in [0.29, 0.717) is 5.75 Å². The van der Waals surface area contributed by atoms with Crippen LogP contribution in [-0.2, 0) is 25.2 Å². The predicted molar refractivity (Wildman–Crippen MR) is 54.6 cm³/mol. The minimum Gasteiger partial charge on any atom is -0.461 e. The van der Waals surface area contributed by atoms with Crippen molar-refractivity contribution in [2.45, 2.75) is 13.8 Å². The summed E-state index contributed by atoms with van der Waals surface area (Å²) in [6.07, 6.45) is 0. The van der Waals surface area contributed by atoms with E-state index >= 15 is 0 Å². The zero-order valence-corrected chi connectivity index (χ0v) is 9.43. The maximum atomic E-state index is 11.2. The molecule has 5 nitrogen and oxygen atoms in total. The van der Waals surface area contributed by atoms with Gasteiger partial charge in [-0.05, 0) is 6.92 Å². The average molecular weight is 221 g/mol. The van der Waals surface area contributed by atoms with Crippen molar-refractivity contribution >= 4 is 22.5 Å². The van der Waals surface area contributed by atoms with Crippen molar-refractivity contribution in [2.24, 2.45) is 5.16 Å². The van der Waals surface area contributed by atoms with E-state index in [4.69, 9.17) is 4.74 Å². The van der Waals surface area contributed by atoms with E-state index in [9.17, 15) is 9.00 Å². The highest BCUT2D eigenvalue weighted by Crippen LogP contribution is 1.92. The van der Waals surface area contributed by atoms with Crippen molar-refractivity contribution in [3.63, 3.8) is 0 Å². The molecule has 0 heterocycles. The third kappa shape index (κ3) is 4.96. The van der Waals surface area contributed by atoms with Gasteiger partial charge in [0.2, 0.25) is 0 Å². The van der Waals surface area contributed by atoms with Gasteiger partial charge in [-0.15, -0.1) is 0 Å². The van der Waals surface area contributed by atoms with Gasteiger partial charge in [0.25, 0.3) is 0 Å². The van der Waals surface area contributed by atoms with E-state index in [0.717, 1.165) is 0 Å². The molecule has 14 heavy (non-hydrogen) atoms. The maximum Gasteiger partial charge on any atom is 0.357 e. The fourth-order valence-corrected chi connectivity index (χ4v) is 1.38. The highest BCUT2D eigenvalue weighted by atomic mass is 32.2. The summed E-state index contributed by atoms with van der Waals surface area (Å²) in [6.45, 7) is 3.73. The number of nitrogens with zero attached hydrogens (tertiary/aromatic N) is 1. The molecular weight excluding hydrogens is 206 g/mol. The fourth-order valence-electron chi connectivity index (χ4n) is 0.702. The molecular formula is C8H15NO4S. The van der Waals surface area contributed by atoms with Crippen molar-refractivity contribution in [2.75, 3.05) is 25.2 Å². The van der Waals surface area contributed by atoms with Gasteiger partial charge >= 0.3 is 5.97 Å². The number of carbonyl (C=O) groups is 1. The lowest BCUT2D eigenvalue weighted by Crippen LogP contribution is -2.24. The van der Waals surface area contributed by atoms with Gasteiger partial charge in [-0.3, -0.25) is 4.21 Å². The molecule has 0 aromatic carbocycles. The van der Waals surface area contributed by atoms with Gasteiger partial charge in [-0.1, -0.05) is 12.1 Å². The van der Waals surface area contributed by atoms with Gasteiger partial charge < -0.3 is 9.57 Å². The highest BCUT2D eigenvalue weighted by molar-refractivity contribution is 7.85. The molecule has 0 spiro atoms. The summed E-state index contributed by atoms with van der Waals surface area (Å²) in [5.74, 6) is -0.0261. The van der Waals surface area contributed by atoms with Crippen molar-refractivity contribution < 1.29 is 18.6 Å². The molecule has 0 saturated carbocycles. The van der Waals surface area contributed by atoms with E-state index < -0.39 is 16.8 Å². The van der Waals surface area contributed by atoms with Crippen LogP contribution in [0.25, 0.3) is 0 Å². The summed E-state index contributed by atoms with van der Waals surface area (Å²) in [5, 5.41) is 3.48. The second-order valence-corrected chi connectivity index (χ2v) is 4.06. The van der Waals surface area contributed by atoms with Crippen molar-refractivity contribution in [1.82, 2.24) is 0 Å². The minimum absolute atomic E-state index is 0.0644. The molecule has 1 unspecified atom stereocenters. The van der Waals surface area contributed by atoms with Crippen LogP contribution in [0.5, 0.6) is 0 Å². The smallest absolute Gasteiger partial charge is 0.357 e. The average Bonchev–Trinajstić information content (AvgIpc) is 2.17. The van der Waals surface area contributed by atoms with E-state index in [1.54, 1.807) is 13.8 Å². The topological polar surface area (TPSA) is 65.0 Å². The number of carbonyl (C=O) groups excluding carboxylic acids is 1. The van der Waals surface area contributed by atoms with Gasteiger partial charge in [-0.2, -0.15) is 0 Å². The summed E-state index contributed by atoms with van der Waals surface area (Å²) < 4.78 is 15.9. The molecule has 82 valence electrons. The zero-order chi connectivity index (χ0) is 11.0. The molecule has 0 bridgehead atoms. The Kier molecular flexibility index (Phi) is 7.00. The first kappa shape index (κ1) is 13.1. The first-order chi connectivity index (χ1) is 6.65. The molecule has 0 aromatic rings. The molecule has 0 fully saturated rings. The number of ether oxygens (including phenoxy) is 1. The molecule has 6 heteroatoms. The van der Waals surface area contributed by atoms with E-state index in [-0.39, 0.29) is 18.1 Å². The van der Waals surface area contributed by atoms with Crippen LogP contribution >= 0.6 is 0 Å². The number of rotatable bonds is 6. The molecule has 1 atom stereocenters. The standard InChI is InChI=1S/C8H15NO4S/c1-4-13-8(10)7(9-12-3)6-14(11)5-2/h4-6H2,1-3H3. The minimum atomic E-state index is -1.09. The third-order valence-corrected chi connectivity index (χ3v) is 2.57. The Labute approximate surface area is 85.9 Å². The van der Waals surface area contributed by atoms with Crippen LogP contribution in [0, 0.1) is 0 Å². The molecule has 0 N–H and O–H groups in total. The van der Waals surface area contributed by atoms with Crippen LogP contribution in [0.3, 0.4) is 0 Å². The van der Waals surface area contributed by atoms with E-state index in [2.05, 4.69) is 9.99 Å². The highest BCUT2D eigenvalue weighted by Gasteiger charge is 2.16. The Hall–Kier alpha value is -0.910. The molecule has 0 aromatic heterocycles. The van der Waals surface area contributed by atoms with Crippen LogP contribution in [0.4, 0.5) is 0 Å². The van der Waals surface area contributed by atoms with Gasteiger partial charge in [0.05, 0.1) is 12.4 Å². The Morgan fingerprint density at radius 1 is 1.43 bits per heavy atom. The first-order valence-corrected chi connectivity index (χ1v) is 5.76. The van der Waals surface area contributed by atoms with Gasteiger partial charge in [0.1, 0.15) is 7.11 Å². The third-order valence-electron chi connectivity index (χ3n) is 1.33. The number of hydrogen-bond donors (Lipinski definition) is 0. The summed E-state index contributed by atoms with van der Waals surface area (Å²) in [6, 6.07) is 0. The molecule has 0 aliphatic carbocycles. The Morgan fingerprint density at radius 2 is 2.07 bits per heavy atom. The van der Waals surface area contributed by atoms with Gasteiger partial charge in [0, 0.05) is 16.6 Å². The lowest BCUT2D eigenvalue weighted by atomic mass is 10.4. The molecule has 0 radical (unpaired) electrons. The SMILES string of the molecule is CCOC(=O)C(CS(=O)CC)=NOC. The Morgan fingerprint density at radius 3 is 2.50 bits per heavy atom. The summed E-state index contributed by atoms with van der Waals surface area (Å²) >= 11 is 0. The molecule has 0 amide bonds. The zero-order valence-electron chi connectivity index (χ0n) is 8.61. The summed E-state index contributed by atoms with van der Waals surface area (Å²) in [5.41, 5.74) is 0.0644. The first-order valence-electron chi connectivity index (χ1n) is 4.27. The van der Waals surface area contributed by atoms with Crippen LogP contribution < -0.4 is 0 Å². The fraction of sp³-hybridized carbons (Fsp3) is 0.750. The maximum absolute atomic E-state index is 11.2. The van der Waals surface area contributed by atoms with Crippen LogP contribution in [0.15, 0.2) is 5.16 Å². The van der Waals surface area contributed by atoms with Crippen LogP contribution in [0.2, 0.25) is 0 Å². The van der Waals surface area contributed by atoms with Crippen LogP contribution in [0.1, 0.15) is 13.8 Å². The molecule has 0 aliphatic rings. The molecule has 0 saturated heterocycles. The Bertz CT molecular complexity index is 239. The number of oxime groups is 1. The quantitative estimate of drug-likeness (QED) is 0.368. The van der Waals surface area contributed by atoms with Gasteiger partial charge in [-0.25, -0.2) is 4.79 Å². The van der Waals surface area contributed by atoms with Gasteiger partial charge in [0.15, 0.2) is 5.71 Å². The summed E-state index contributed by atoms with van der Waals surface area (Å²) in [7, 11) is 0.233. The Balaban J connectivity index is 4.37. The monoisotopic (exact) mass is 221 g/mol. The predicted octanol–water partition coefficient (Wildman–Crippen LogP) is 0.321.